The minimum atomic E-state index is -3.78. The number of hydrogen-bond donors (Lipinski definition) is 2. The van der Waals surface area contributed by atoms with E-state index in [0.29, 0.717) is 5.75 Å². The Balaban J connectivity index is 1.87. The molecule has 24 heavy (non-hydrogen) atoms. The Bertz CT molecular complexity index is 833. The van der Waals surface area contributed by atoms with Gasteiger partial charge in [-0.1, -0.05) is 17.4 Å². The summed E-state index contributed by atoms with van der Waals surface area (Å²) in [6.45, 7) is 5.55. The van der Waals surface area contributed by atoms with E-state index < -0.39 is 10.0 Å². The maximum atomic E-state index is 12.1. The Labute approximate surface area is 144 Å². The van der Waals surface area contributed by atoms with Crippen LogP contribution in [0.25, 0.3) is 0 Å². The Kier molecular flexibility index (Phi) is 5.86. The fourth-order valence-electron chi connectivity index (χ4n) is 1.73. The average Bonchev–Trinajstić information content (AvgIpc) is 2.96. The lowest BCUT2D eigenvalue weighted by molar-refractivity contribution is -0.114. The Hall–Kier alpha value is -2.04. The van der Waals surface area contributed by atoms with Crippen molar-refractivity contribution in [2.75, 3.05) is 18.5 Å². The number of carbonyl (C=O) groups excluding carboxylic acids is 1. The second-order valence-corrected chi connectivity index (χ2v) is 7.96. The minimum Gasteiger partial charge on any atom is -0.492 e. The van der Waals surface area contributed by atoms with E-state index in [4.69, 9.17) is 4.74 Å². The maximum Gasteiger partial charge on any atom is 0.269 e. The number of rotatable bonds is 7. The lowest BCUT2D eigenvalue weighted by atomic mass is 10.1. The zero-order chi connectivity index (χ0) is 17.7. The van der Waals surface area contributed by atoms with Crippen LogP contribution in [0, 0.1) is 13.8 Å². The normalized spacial score (nSPS) is 11.3. The van der Waals surface area contributed by atoms with E-state index >= 15 is 0 Å². The van der Waals surface area contributed by atoms with Crippen LogP contribution in [0.3, 0.4) is 0 Å². The molecule has 0 aliphatic heterocycles. The summed E-state index contributed by atoms with van der Waals surface area (Å²) in [4.78, 5) is 10.9. The third-order valence-electron chi connectivity index (χ3n) is 3.06. The molecule has 2 N–H and O–H groups in total. The van der Waals surface area contributed by atoms with Crippen LogP contribution in [0.2, 0.25) is 0 Å². The van der Waals surface area contributed by atoms with Gasteiger partial charge in [0.2, 0.25) is 15.4 Å². The van der Waals surface area contributed by atoms with Crippen molar-refractivity contribution in [3.05, 3.63) is 29.3 Å². The maximum absolute atomic E-state index is 12.1. The van der Waals surface area contributed by atoms with E-state index in [-0.39, 0.29) is 28.5 Å². The van der Waals surface area contributed by atoms with Crippen LogP contribution >= 0.6 is 11.3 Å². The highest BCUT2D eigenvalue weighted by atomic mass is 32.2. The highest BCUT2D eigenvalue weighted by Gasteiger charge is 2.20. The number of nitrogens with zero attached hydrogens (tertiary/aromatic N) is 2. The van der Waals surface area contributed by atoms with Gasteiger partial charge in [-0.05, 0) is 37.1 Å². The smallest absolute Gasteiger partial charge is 0.269 e. The third kappa shape index (κ3) is 4.98. The number of aromatic nitrogens is 2. The first kappa shape index (κ1) is 18.3. The van der Waals surface area contributed by atoms with Crippen molar-refractivity contribution in [1.29, 1.82) is 0 Å². The van der Waals surface area contributed by atoms with Crippen LogP contribution in [0.15, 0.2) is 22.5 Å². The van der Waals surface area contributed by atoms with Crippen molar-refractivity contribution in [2.24, 2.45) is 0 Å². The zero-order valence-electron chi connectivity index (χ0n) is 13.5. The van der Waals surface area contributed by atoms with Gasteiger partial charge >= 0.3 is 0 Å². The molecule has 2 aromatic rings. The molecule has 2 rings (SSSR count). The fourth-order valence-corrected chi connectivity index (χ4v) is 3.73. The third-order valence-corrected chi connectivity index (χ3v) is 5.73. The second-order valence-electron chi connectivity index (χ2n) is 5.05. The molecule has 8 nitrogen and oxygen atoms in total. The van der Waals surface area contributed by atoms with Crippen molar-refractivity contribution >= 4 is 32.4 Å². The molecule has 0 fully saturated rings. The van der Waals surface area contributed by atoms with Crippen LogP contribution in [0.1, 0.15) is 18.1 Å². The average molecular weight is 370 g/mol. The standard InChI is InChI=1S/C14H18N4O4S2/c1-9-4-5-12(8-10(9)2)22-7-6-15-24(20,21)14-18-17-13(23-14)16-11(3)19/h4-5,8,15H,6-7H2,1-3H3,(H,16,17,19). The van der Waals surface area contributed by atoms with Crippen LogP contribution in [0.5, 0.6) is 5.75 Å². The summed E-state index contributed by atoms with van der Waals surface area (Å²) < 4.78 is 31.8. The topological polar surface area (TPSA) is 110 Å². The number of ether oxygens (including phenoxy) is 1. The van der Waals surface area contributed by atoms with Crippen molar-refractivity contribution < 1.29 is 17.9 Å². The number of nitrogens with one attached hydrogen (secondary N) is 2. The van der Waals surface area contributed by atoms with E-state index in [1.165, 1.54) is 6.92 Å². The molecule has 1 amide bonds. The number of carbonyl (C=O) groups is 1. The highest BCUT2D eigenvalue weighted by Crippen LogP contribution is 2.19. The van der Waals surface area contributed by atoms with Crippen molar-refractivity contribution in [1.82, 2.24) is 14.9 Å². The van der Waals surface area contributed by atoms with E-state index in [1.807, 2.05) is 32.0 Å². The summed E-state index contributed by atoms with van der Waals surface area (Å²) in [5, 5.41) is 9.68. The molecule has 1 aromatic carbocycles. The van der Waals surface area contributed by atoms with Gasteiger partial charge in [-0.3, -0.25) is 4.79 Å². The summed E-state index contributed by atoms with van der Waals surface area (Å²) >= 11 is 0.781. The molecule has 0 radical (unpaired) electrons. The second kappa shape index (κ2) is 7.69. The van der Waals surface area contributed by atoms with Crippen LogP contribution < -0.4 is 14.8 Å². The summed E-state index contributed by atoms with van der Waals surface area (Å²) in [6.07, 6.45) is 0. The first-order chi connectivity index (χ1) is 11.3. The molecule has 0 saturated carbocycles. The number of sulfonamides is 1. The Morgan fingerprint density at radius 3 is 2.67 bits per heavy atom. The number of benzene rings is 1. The van der Waals surface area contributed by atoms with E-state index in [1.54, 1.807) is 0 Å². The van der Waals surface area contributed by atoms with Gasteiger partial charge in [-0.25, -0.2) is 13.1 Å². The van der Waals surface area contributed by atoms with Crippen molar-refractivity contribution in [3.63, 3.8) is 0 Å². The lowest BCUT2D eigenvalue weighted by Crippen LogP contribution is -2.28. The van der Waals surface area contributed by atoms with Gasteiger partial charge in [0.15, 0.2) is 0 Å². The number of hydrogen-bond acceptors (Lipinski definition) is 7. The molecular formula is C14H18N4O4S2. The lowest BCUT2D eigenvalue weighted by Gasteiger charge is -2.08. The van der Waals surface area contributed by atoms with Gasteiger partial charge in [-0.2, -0.15) is 0 Å². The molecule has 1 heterocycles. The summed E-state index contributed by atoms with van der Waals surface area (Å²) in [5.41, 5.74) is 2.27. The van der Waals surface area contributed by atoms with Gasteiger partial charge < -0.3 is 10.1 Å². The van der Waals surface area contributed by atoms with Crippen molar-refractivity contribution in [3.8, 4) is 5.75 Å². The first-order valence-electron chi connectivity index (χ1n) is 7.09. The van der Waals surface area contributed by atoms with Gasteiger partial charge in [0, 0.05) is 13.5 Å². The highest BCUT2D eigenvalue weighted by molar-refractivity contribution is 7.91. The molecule has 0 atom stereocenters. The molecule has 0 spiro atoms. The zero-order valence-corrected chi connectivity index (χ0v) is 15.1. The fraction of sp³-hybridized carbons (Fsp3) is 0.357. The predicted octanol–water partition coefficient (Wildman–Crippen LogP) is 1.47. The minimum absolute atomic E-state index is 0.0876. The van der Waals surface area contributed by atoms with Gasteiger partial charge in [-0.15, -0.1) is 10.2 Å². The molecular weight excluding hydrogens is 352 g/mol. The monoisotopic (exact) mass is 370 g/mol. The quantitative estimate of drug-likeness (QED) is 0.564. The molecule has 0 aliphatic carbocycles. The summed E-state index contributed by atoms with van der Waals surface area (Å²) in [5.74, 6) is 0.339. The largest absolute Gasteiger partial charge is 0.492 e. The van der Waals surface area contributed by atoms with Crippen LogP contribution in [0.4, 0.5) is 5.13 Å². The Morgan fingerprint density at radius 1 is 1.25 bits per heavy atom. The number of amides is 1. The molecule has 1 aromatic heterocycles. The van der Waals surface area contributed by atoms with Gasteiger partial charge in [0.05, 0.1) is 0 Å². The predicted molar refractivity (Wildman–Crippen MR) is 90.8 cm³/mol. The van der Waals surface area contributed by atoms with E-state index in [2.05, 4.69) is 20.2 Å². The number of aryl methyl sites for hydroxylation is 2. The Morgan fingerprint density at radius 2 is 2.00 bits per heavy atom. The molecule has 130 valence electrons. The van der Waals surface area contributed by atoms with Gasteiger partial charge in [0.1, 0.15) is 12.4 Å². The van der Waals surface area contributed by atoms with Crippen molar-refractivity contribution in [2.45, 2.75) is 25.1 Å². The van der Waals surface area contributed by atoms with Gasteiger partial charge in [0.25, 0.3) is 10.0 Å². The van der Waals surface area contributed by atoms with Crippen LogP contribution in [-0.2, 0) is 14.8 Å². The first-order valence-corrected chi connectivity index (χ1v) is 9.39. The van der Waals surface area contributed by atoms with Crippen LogP contribution in [-0.4, -0.2) is 37.7 Å². The number of anilines is 1. The molecule has 10 heteroatoms. The molecule has 0 bridgehead atoms. The van der Waals surface area contributed by atoms with E-state index in [0.717, 1.165) is 22.5 Å². The SMILES string of the molecule is CC(=O)Nc1nnc(S(=O)(=O)NCCOc2ccc(C)c(C)c2)s1. The molecule has 0 saturated heterocycles. The summed E-state index contributed by atoms with van der Waals surface area (Å²) in [6, 6.07) is 5.68. The molecule has 0 unspecified atom stereocenters. The molecule has 0 aliphatic rings. The summed E-state index contributed by atoms with van der Waals surface area (Å²) in [7, 11) is -3.78. The van der Waals surface area contributed by atoms with E-state index in [9.17, 15) is 13.2 Å².